The van der Waals surface area contributed by atoms with Gasteiger partial charge in [0.25, 0.3) is 0 Å². The number of nitrogens with one attached hydrogen (secondary N) is 2. The molecule has 0 bridgehead atoms. The quantitative estimate of drug-likeness (QED) is 0.772. The van der Waals surface area contributed by atoms with Gasteiger partial charge in [0.05, 0.1) is 6.54 Å². The van der Waals surface area contributed by atoms with Crippen molar-refractivity contribution in [3.8, 4) is 5.75 Å². The molecule has 112 valence electrons. The van der Waals surface area contributed by atoms with Crippen LogP contribution in [0.3, 0.4) is 0 Å². The first-order valence-electron chi connectivity index (χ1n) is 6.98. The molecule has 2 N–H and O–H groups in total. The molecule has 0 aliphatic carbocycles. The van der Waals surface area contributed by atoms with Crippen molar-refractivity contribution < 1.29 is 9.53 Å². The molecule has 2 rings (SSSR count). The minimum atomic E-state index is -0.157. The predicted molar refractivity (Wildman–Crippen MR) is 86.0 cm³/mol. The number of benzene rings is 1. The minimum Gasteiger partial charge on any atom is -0.492 e. The summed E-state index contributed by atoms with van der Waals surface area (Å²) in [4.78, 5) is 13.0. The molecule has 0 saturated carbocycles. The van der Waals surface area contributed by atoms with Crippen molar-refractivity contribution in [2.24, 2.45) is 0 Å². The second-order valence-electron chi connectivity index (χ2n) is 4.75. The van der Waals surface area contributed by atoms with E-state index in [1.807, 2.05) is 48.7 Å². The highest BCUT2D eigenvalue weighted by Gasteiger charge is 2.07. The van der Waals surface area contributed by atoms with Crippen LogP contribution >= 0.6 is 11.3 Å². The van der Waals surface area contributed by atoms with Gasteiger partial charge < -0.3 is 15.4 Å². The van der Waals surface area contributed by atoms with Gasteiger partial charge >= 0.3 is 6.03 Å². The van der Waals surface area contributed by atoms with Crippen molar-refractivity contribution in [3.63, 3.8) is 0 Å². The maximum atomic E-state index is 11.7. The van der Waals surface area contributed by atoms with E-state index in [1.54, 1.807) is 11.3 Å². The topological polar surface area (TPSA) is 50.4 Å². The third-order valence-electron chi connectivity index (χ3n) is 2.86. The zero-order chi connectivity index (χ0) is 14.9. The van der Waals surface area contributed by atoms with E-state index in [0.717, 1.165) is 12.2 Å². The molecule has 1 heterocycles. The second kappa shape index (κ2) is 8.32. The Morgan fingerprint density at radius 3 is 2.76 bits per heavy atom. The molecule has 5 heteroatoms. The van der Waals surface area contributed by atoms with Gasteiger partial charge in [-0.25, -0.2) is 4.79 Å². The summed E-state index contributed by atoms with van der Waals surface area (Å²) >= 11 is 1.71. The van der Waals surface area contributed by atoms with Crippen LogP contribution in [0.2, 0.25) is 0 Å². The molecule has 0 unspecified atom stereocenters. The molecule has 0 aliphatic rings. The molecular weight excluding hydrogens is 284 g/mol. The van der Waals surface area contributed by atoms with Crippen LogP contribution < -0.4 is 15.4 Å². The third kappa shape index (κ3) is 5.87. The smallest absolute Gasteiger partial charge is 0.315 e. The fourth-order valence-electron chi connectivity index (χ4n) is 1.91. The van der Waals surface area contributed by atoms with Gasteiger partial charge in [0, 0.05) is 17.3 Å². The standard InChI is InChI=1S/C16H20N2O2S/c1-13(12-15-8-5-11-21-15)18-16(19)17-9-10-20-14-6-3-2-4-7-14/h2-8,11,13H,9-10,12H2,1H3,(H2,17,18,19)/t13-/m1/s1. The van der Waals surface area contributed by atoms with Crippen LogP contribution in [0.4, 0.5) is 4.79 Å². The minimum absolute atomic E-state index is 0.110. The molecule has 1 aromatic carbocycles. The lowest BCUT2D eigenvalue weighted by Crippen LogP contribution is -2.42. The highest BCUT2D eigenvalue weighted by molar-refractivity contribution is 7.09. The van der Waals surface area contributed by atoms with Crippen molar-refractivity contribution in [2.45, 2.75) is 19.4 Å². The van der Waals surface area contributed by atoms with E-state index >= 15 is 0 Å². The first-order chi connectivity index (χ1) is 10.2. The summed E-state index contributed by atoms with van der Waals surface area (Å²) in [5.41, 5.74) is 0. The number of thiophene rings is 1. The molecule has 2 amide bonds. The average Bonchev–Trinajstić information content (AvgIpc) is 2.97. The van der Waals surface area contributed by atoms with E-state index in [4.69, 9.17) is 4.74 Å². The SMILES string of the molecule is C[C@H](Cc1cccs1)NC(=O)NCCOc1ccccc1. The van der Waals surface area contributed by atoms with E-state index in [2.05, 4.69) is 16.7 Å². The summed E-state index contributed by atoms with van der Waals surface area (Å²) in [6.07, 6.45) is 0.853. The van der Waals surface area contributed by atoms with E-state index in [-0.39, 0.29) is 12.1 Å². The first-order valence-corrected chi connectivity index (χ1v) is 7.86. The molecule has 1 atom stereocenters. The lowest BCUT2D eigenvalue weighted by molar-refractivity contribution is 0.233. The third-order valence-corrected chi connectivity index (χ3v) is 3.76. The monoisotopic (exact) mass is 304 g/mol. The van der Waals surface area contributed by atoms with Crippen LogP contribution in [-0.2, 0) is 6.42 Å². The number of hydrogen-bond acceptors (Lipinski definition) is 3. The number of carbonyl (C=O) groups is 1. The van der Waals surface area contributed by atoms with Crippen LogP contribution in [0.15, 0.2) is 47.8 Å². The summed E-state index contributed by atoms with van der Waals surface area (Å²) < 4.78 is 5.51. The Labute approximate surface area is 129 Å². The normalized spacial score (nSPS) is 11.7. The van der Waals surface area contributed by atoms with Crippen LogP contribution in [0.1, 0.15) is 11.8 Å². The summed E-state index contributed by atoms with van der Waals surface area (Å²) in [6, 6.07) is 13.6. The number of para-hydroxylation sites is 1. The Morgan fingerprint density at radius 1 is 1.24 bits per heavy atom. The van der Waals surface area contributed by atoms with Gasteiger partial charge in [0.2, 0.25) is 0 Å². The Bertz CT molecular complexity index is 528. The summed E-state index contributed by atoms with van der Waals surface area (Å²) in [6.45, 7) is 2.93. The number of hydrogen-bond donors (Lipinski definition) is 2. The summed E-state index contributed by atoms with van der Waals surface area (Å²) in [5.74, 6) is 0.811. The van der Waals surface area contributed by atoms with Crippen LogP contribution in [0.5, 0.6) is 5.75 Å². The van der Waals surface area contributed by atoms with Gasteiger partial charge in [-0.3, -0.25) is 0 Å². The van der Waals surface area contributed by atoms with E-state index in [9.17, 15) is 4.79 Å². The average molecular weight is 304 g/mol. The zero-order valence-corrected chi connectivity index (χ0v) is 12.9. The van der Waals surface area contributed by atoms with Crippen molar-refractivity contribution in [3.05, 3.63) is 52.7 Å². The molecule has 0 fully saturated rings. The highest BCUT2D eigenvalue weighted by Crippen LogP contribution is 2.10. The second-order valence-corrected chi connectivity index (χ2v) is 5.78. The summed E-state index contributed by atoms with van der Waals surface area (Å²) in [7, 11) is 0. The Balaban J connectivity index is 1.59. The van der Waals surface area contributed by atoms with E-state index in [1.165, 1.54) is 4.88 Å². The number of urea groups is 1. The maximum absolute atomic E-state index is 11.7. The fourth-order valence-corrected chi connectivity index (χ4v) is 2.74. The Hall–Kier alpha value is -2.01. The predicted octanol–water partition coefficient (Wildman–Crippen LogP) is 3.06. The lowest BCUT2D eigenvalue weighted by Gasteiger charge is -2.14. The van der Waals surface area contributed by atoms with Crippen LogP contribution in [-0.4, -0.2) is 25.2 Å². The van der Waals surface area contributed by atoms with Gasteiger partial charge in [0.1, 0.15) is 12.4 Å². The molecule has 0 aliphatic heterocycles. The lowest BCUT2D eigenvalue weighted by atomic mass is 10.2. The van der Waals surface area contributed by atoms with Gasteiger partial charge in [-0.2, -0.15) is 0 Å². The van der Waals surface area contributed by atoms with Crippen molar-refractivity contribution in [1.82, 2.24) is 10.6 Å². The highest BCUT2D eigenvalue weighted by atomic mass is 32.1. The molecule has 0 radical (unpaired) electrons. The Kier molecular flexibility index (Phi) is 6.09. The van der Waals surface area contributed by atoms with Crippen molar-refractivity contribution in [1.29, 1.82) is 0 Å². The number of rotatable bonds is 7. The number of amides is 2. The maximum Gasteiger partial charge on any atom is 0.315 e. The molecule has 4 nitrogen and oxygen atoms in total. The molecule has 1 aromatic heterocycles. The molecule has 21 heavy (non-hydrogen) atoms. The van der Waals surface area contributed by atoms with Gasteiger partial charge in [0.15, 0.2) is 0 Å². The fraction of sp³-hybridized carbons (Fsp3) is 0.312. The van der Waals surface area contributed by atoms with Crippen molar-refractivity contribution in [2.75, 3.05) is 13.2 Å². The molecule has 0 spiro atoms. The Morgan fingerprint density at radius 2 is 2.05 bits per heavy atom. The van der Waals surface area contributed by atoms with Crippen LogP contribution in [0, 0.1) is 0 Å². The number of carbonyl (C=O) groups excluding carboxylic acids is 1. The van der Waals surface area contributed by atoms with Crippen LogP contribution in [0.25, 0.3) is 0 Å². The summed E-state index contributed by atoms with van der Waals surface area (Å²) in [5, 5.41) is 7.75. The molecule has 0 saturated heterocycles. The zero-order valence-electron chi connectivity index (χ0n) is 12.0. The first kappa shape index (κ1) is 15.4. The molecule has 2 aromatic rings. The van der Waals surface area contributed by atoms with Gasteiger partial charge in [-0.15, -0.1) is 11.3 Å². The van der Waals surface area contributed by atoms with E-state index in [0.29, 0.717) is 13.2 Å². The van der Waals surface area contributed by atoms with Gasteiger partial charge in [-0.05, 0) is 30.5 Å². The molecular formula is C16H20N2O2S. The van der Waals surface area contributed by atoms with E-state index < -0.39 is 0 Å². The number of ether oxygens (including phenoxy) is 1. The largest absolute Gasteiger partial charge is 0.492 e. The van der Waals surface area contributed by atoms with Gasteiger partial charge in [-0.1, -0.05) is 24.3 Å². The van der Waals surface area contributed by atoms with Crippen molar-refractivity contribution >= 4 is 17.4 Å².